The Morgan fingerprint density at radius 2 is 2.06 bits per heavy atom. The fourth-order valence-corrected chi connectivity index (χ4v) is 2.18. The average Bonchev–Trinajstić information content (AvgIpc) is 2.51. The van der Waals surface area contributed by atoms with Gasteiger partial charge in [-0.3, -0.25) is 15.0 Å². The fraction of sp³-hybridized carbons (Fsp3) is 0.800. The summed E-state index contributed by atoms with van der Waals surface area (Å²) < 4.78 is 0. The molecule has 0 aromatic carbocycles. The molecule has 2 heterocycles. The molecule has 90 valence electrons. The minimum Gasteiger partial charge on any atom is -0.314 e. The molecule has 2 aliphatic rings. The zero-order valence-corrected chi connectivity index (χ0v) is 9.77. The van der Waals surface area contributed by atoms with Gasteiger partial charge in [0.25, 0.3) is 0 Å². The molecule has 6 heteroatoms. The van der Waals surface area contributed by atoms with Crippen molar-refractivity contribution in [1.82, 2.24) is 20.0 Å². The van der Waals surface area contributed by atoms with Crippen LogP contribution in [0, 0.1) is 0 Å². The maximum Gasteiger partial charge on any atom is 0.324 e. The molecule has 1 unspecified atom stereocenters. The molecule has 0 aromatic rings. The molecule has 16 heavy (non-hydrogen) atoms. The van der Waals surface area contributed by atoms with Crippen LogP contribution in [0.15, 0.2) is 0 Å². The summed E-state index contributed by atoms with van der Waals surface area (Å²) in [6.45, 7) is 3.82. The van der Waals surface area contributed by atoms with Crippen LogP contribution in [0.1, 0.15) is 0 Å². The third-order valence-corrected chi connectivity index (χ3v) is 3.28. The van der Waals surface area contributed by atoms with Crippen molar-refractivity contribution in [2.45, 2.75) is 6.04 Å². The second-order valence-electron chi connectivity index (χ2n) is 4.63. The molecule has 0 spiro atoms. The predicted molar refractivity (Wildman–Crippen MR) is 59.0 cm³/mol. The van der Waals surface area contributed by atoms with Crippen LogP contribution in [0.25, 0.3) is 0 Å². The SMILES string of the molecule is CN1CCN(C)C(CN2CC(=O)NC2=O)C1. The number of likely N-dealkylation sites (N-methyl/N-ethyl adjacent to an activating group) is 2. The van der Waals surface area contributed by atoms with Crippen molar-refractivity contribution >= 4 is 11.9 Å². The molecule has 6 nitrogen and oxygen atoms in total. The van der Waals surface area contributed by atoms with E-state index in [2.05, 4.69) is 29.2 Å². The fourth-order valence-electron chi connectivity index (χ4n) is 2.18. The molecular formula is C10H18N4O2. The van der Waals surface area contributed by atoms with Gasteiger partial charge in [0, 0.05) is 32.2 Å². The Bertz CT molecular complexity index is 307. The number of nitrogens with one attached hydrogen (secondary N) is 1. The summed E-state index contributed by atoms with van der Waals surface area (Å²) in [7, 11) is 4.14. The Morgan fingerprint density at radius 1 is 1.31 bits per heavy atom. The monoisotopic (exact) mass is 226 g/mol. The molecule has 1 N–H and O–H groups in total. The van der Waals surface area contributed by atoms with Crippen molar-refractivity contribution in [3.05, 3.63) is 0 Å². The minimum absolute atomic E-state index is 0.197. The Morgan fingerprint density at radius 3 is 2.69 bits per heavy atom. The predicted octanol–water partition coefficient (Wildman–Crippen LogP) is -1.22. The van der Waals surface area contributed by atoms with E-state index >= 15 is 0 Å². The molecule has 0 radical (unpaired) electrons. The molecule has 2 fully saturated rings. The number of amides is 3. The van der Waals surface area contributed by atoms with Gasteiger partial charge in [0.1, 0.15) is 6.54 Å². The third-order valence-electron chi connectivity index (χ3n) is 3.28. The van der Waals surface area contributed by atoms with Gasteiger partial charge in [0.2, 0.25) is 5.91 Å². The summed E-state index contributed by atoms with van der Waals surface area (Å²) in [5, 5.41) is 2.30. The number of urea groups is 1. The van der Waals surface area contributed by atoms with Crippen LogP contribution in [0.5, 0.6) is 0 Å². The highest BCUT2D eigenvalue weighted by Gasteiger charge is 2.31. The van der Waals surface area contributed by atoms with E-state index in [-0.39, 0.29) is 18.5 Å². The molecule has 2 aliphatic heterocycles. The van der Waals surface area contributed by atoms with Crippen molar-refractivity contribution in [1.29, 1.82) is 0 Å². The molecular weight excluding hydrogens is 208 g/mol. The smallest absolute Gasteiger partial charge is 0.314 e. The van der Waals surface area contributed by atoms with Crippen molar-refractivity contribution < 1.29 is 9.59 Å². The lowest BCUT2D eigenvalue weighted by atomic mass is 10.2. The number of carbonyl (C=O) groups is 2. The van der Waals surface area contributed by atoms with E-state index in [0.29, 0.717) is 12.6 Å². The maximum absolute atomic E-state index is 11.4. The van der Waals surface area contributed by atoms with Gasteiger partial charge in [-0.15, -0.1) is 0 Å². The molecule has 2 rings (SSSR count). The van der Waals surface area contributed by atoms with Crippen LogP contribution in [-0.2, 0) is 4.79 Å². The largest absolute Gasteiger partial charge is 0.324 e. The molecule has 2 saturated heterocycles. The van der Waals surface area contributed by atoms with Gasteiger partial charge in [-0.2, -0.15) is 0 Å². The van der Waals surface area contributed by atoms with Crippen molar-refractivity contribution in [3.63, 3.8) is 0 Å². The standard InChI is InChI=1S/C10H18N4O2/c1-12-3-4-13(2)8(5-12)6-14-7-9(15)11-10(14)16/h8H,3-7H2,1-2H3,(H,11,15,16). The Hall–Kier alpha value is -1.14. The Balaban J connectivity index is 1.93. The van der Waals surface area contributed by atoms with Crippen molar-refractivity contribution in [2.75, 3.05) is 46.8 Å². The van der Waals surface area contributed by atoms with Gasteiger partial charge in [0.05, 0.1) is 0 Å². The lowest BCUT2D eigenvalue weighted by molar-refractivity contribution is -0.118. The highest BCUT2D eigenvalue weighted by atomic mass is 16.2. The number of nitrogens with zero attached hydrogens (tertiary/aromatic N) is 3. The van der Waals surface area contributed by atoms with Crippen LogP contribution >= 0.6 is 0 Å². The molecule has 3 amide bonds. The number of piperazine rings is 1. The van der Waals surface area contributed by atoms with Gasteiger partial charge in [-0.25, -0.2) is 4.79 Å². The van der Waals surface area contributed by atoms with Gasteiger partial charge in [-0.1, -0.05) is 0 Å². The zero-order chi connectivity index (χ0) is 11.7. The highest BCUT2D eigenvalue weighted by Crippen LogP contribution is 2.09. The van der Waals surface area contributed by atoms with Crippen LogP contribution in [-0.4, -0.2) is 79.5 Å². The van der Waals surface area contributed by atoms with Gasteiger partial charge in [0.15, 0.2) is 0 Å². The number of hydrogen-bond donors (Lipinski definition) is 1. The van der Waals surface area contributed by atoms with Crippen LogP contribution < -0.4 is 5.32 Å². The Labute approximate surface area is 95.2 Å². The first-order chi connectivity index (χ1) is 7.56. The maximum atomic E-state index is 11.4. The summed E-state index contributed by atoms with van der Waals surface area (Å²) in [6, 6.07) is 0.0574. The van der Waals surface area contributed by atoms with Gasteiger partial charge in [-0.05, 0) is 14.1 Å². The normalized spacial score (nSPS) is 28.6. The lowest BCUT2D eigenvalue weighted by Crippen LogP contribution is -2.54. The number of imide groups is 1. The van der Waals surface area contributed by atoms with Gasteiger partial charge >= 0.3 is 6.03 Å². The number of rotatable bonds is 2. The summed E-state index contributed by atoms with van der Waals surface area (Å²) in [5.41, 5.74) is 0. The van der Waals surface area contributed by atoms with Crippen LogP contribution in [0.3, 0.4) is 0 Å². The average molecular weight is 226 g/mol. The van der Waals surface area contributed by atoms with Gasteiger partial charge < -0.3 is 9.80 Å². The van der Waals surface area contributed by atoms with Crippen LogP contribution in [0.4, 0.5) is 4.79 Å². The first-order valence-corrected chi connectivity index (χ1v) is 5.54. The molecule has 0 aromatic heterocycles. The van der Waals surface area contributed by atoms with E-state index in [9.17, 15) is 9.59 Å². The molecule has 1 atom stereocenters. The van der Waals surface area contributed by atoms with E-state index < -0.39 is 0 Å². The van der Waals surface area contributed by atoms with E-state index in [4.69, 9.17) is 0 Å². The number of hydrogen-bond acceptors (Lipinski definition) is 4. The highest BCUT2D eigenvalue weighted by molar-refractivity contribution is 6.01. The lowest BCUT2D eigenvalue weighted by Gasteiger charge is -2.39. The Kier molecular flexibility index (Phi) is 3.11. The van der Waals surface area contributed by atoms with Crippen molar-refractivity contribution in [2.24, 2.45) is 0 Å². The molecule has 0 bridgehead atoms. The quantitative estimate of drug-likeness (QED) is 0.600. The van der Waals surface area contributed by atoms with E-state index in [1.165, 1.54) is 0 Å². The molecule has 0 saturated carbocycles. The summed E-state index contributed by atoms with van der Waals surface area (Å²) in [4.78, 5) is 28.5. The zero-order valence-electron chi connectivity index (χ0n) is 9.77. The summed E-state index contributed by atoms with van der Waals surface area (Å²) in [5.74, 6) is -0.197. The second kappa shape index (κ2) is 4.39. The summed E-state index contributed by atoms with van der Waals surface area (Å²) in [6.07, 6.45) is 0. The van der Waals surface area contributed by atoms with E-state index in [1.54, 1.807) is 4.90 Å². The third kappa shape index (κ3) is 2.33. The number of carbonyl (C=O) groups excluding carboxylic acids is 2. The summed E-state index contributed by atoms with van der Waals surface area (Å²) >= 11 is 0. The topological polar surface area (TPSA) is 55.9 Å². The van der Waals surface area contributed by atoms with Crippen LogP contribution in [0.2, 0.25) is 0 Å². The first-order valence-electron chi connectivity index (χ1n) is 5.54. The second-order valence-corrected chi connectivity index (χ2v) is 4.63. The minimum atomic E-state index is -0.258. The molecule has 0 aliphatic carbocycles. The van der Waals surface area contributed by atoms with E-state index in [1.807, 2.05) is 0 Å². The van der Waals surface area contributed by atoms with Crippen molar-refractivity contribution in [3.8, 4) is 0 Å². The van der Waals surface area contributed by atoms with E-state index in [0.717, 1.165) is 19.6 Å². The first kappa shape index (κ1) is 11.3.